The molecule has 0 spiro atoms. The van der Waals surface area contributed by atoms with Gasteiger partial charge in [-0.15, -0.1) is 0 Å². The molecule has 0 aliphatic carbocycles. The molecule has 1 atom stereocenters. The maximum Gasteiger partial charge on any atom is 0.222 e. The molecule has 5 heteroatoms. The Morgan fingerprint density at radius 1 is 1.50 bits per heavy atom. The summed E-state index contributed by atoms with van der Waals surface area (Å²) in [5, 5.41) is 11.5. The zero-order valence-corrected chi connectivity index (χ0v) is 9.74. The molecule has 1 aliphatic heterocycles. The largest absolute Gasteiger partial charge is 0.396 e. The highest BCUT2D eigenvalue weighted by molar-refractivity contribution is 5.76. The average Bonchev–Trinajstić information content (AvgIpc) is 2.25. The van der Waals surface area contributed by atoms with E-state index in [1.165, 1.54) is 6.92 Å². The van der Waals surface area contributed by atoms with Crippen LogP contribution in [0.5, 0.6) is 0 Å². The molecule has 92 valence electrons. The van der Waals surface area contributed by atoms with Crippen LogP contribution in [-0.4, -0.2) is 47.6 Å². The molecular weight excluding hydrogens is 208 g/mol. The number of nitrogens with zero attached hydrogens (tertiary/aromatic N) is 1. The van der Waals surface area contributed by atoms with E-state index in [-0.39, 0.29) is 24.5 Å². The van der Waals surface area contributed by atoms with E-state index in [1.807, 2.05) is 0 Å². The first-order valence-electron chi connectivity index (χ1n) is 5.79. The normalized spacial score (nSPS) is 20.6. The first kappa shape index (κ1) is 13.0. The van der Waals surface area contributed by atoms with Gasteiger partial charge in [0.1, 0.15) is 0 Å². The Kier molecular flexibility index (Phi) is 5.25. The maximum atomic E-state index is 11.7. The summed E-state index contributed by atoms with van der Waals surface area (Å²) in [6.45, 7) is 2.91. The molecule has 0 radical (unpaired) electrons. The van der Waals surface area contributed by atoms with Crippen molar-refractivity contribution in [2.75, 3.05) is 19.7 Å². The minimum atomic E-state index is -0.0466. The minimum Gasteiger partial charge on any atom is -0.396 e. The molecule has 16 heavy (non-hydrogen) atoms. The van der Waals surface area contributed by atoms with Crippen LogP contribution in [0, 0.1) is 0 Å². The molecule has 1 saturated heterocycles. The molecule has 1 aliphatic rings. The summed E-state index contributed by atoms with van der Waals surface area (Å²) < 4.78 is 0. The molecule has 2 N–H and O–H groups in total. The summed E-state index contributed by atoms with van der Waals surface area (Å²) in [4.78, 5) is 24.4. The number of nitrogens with one attached hydrogen (secondary N) is 1. The fourth-order valence-electron chi connectivity index (χ4n) is 2.00. The Bertz CT molecular complexity index is 256. The van der Waals surface area contributed by atoms with Crippen molar-refractivity contribution in [3.05, 3.63) is 0 Å². The van der Waals surface area contributed by atoms with Crippen LogP contribution in [0.1, 0.15) is 32.6 Å². The average molecular weight is 228 g/mol. The highest BCUT2D eigenvalue weighted by atomic mass is 16.3. The number of carbonyl (C=O) groups excluding carboxylic acids is 2. The van der Waals surface area contributed by atoms with Gasteiger partial charge in [0.05, 0.1) is 0 Å². The van der Waals surface area contributed by atoms with Crippen molar-refractivity contribution in [1.29, 1.82) is 0 Å². The van der Waals surface area contributed by atoms with Gasteiger partial charge in [0, 0.05) is 39.1 Å². The van der Waals surface area contributed by atoms with Crippen LogP contribution >= 0.6 is 0 Å². The second kappa shape index (κ2) is 6.48. The van der Waals surface area contributed by atoms with E-state index in [1.54, 1.807) is 4.90 Å². The Morgan fingerprint density at radius 3 is 2.88 bits per heavy atom. The molecule has 1 fully saturated rings. The molecular formula is C11H20N2O3. The van der Waals surface area contributed by atoms with Crippen LogP contribution in [-0.2, 0) is 9.59 Å². The van der Waals surface area contributed by atoms with Crippen molar-refractivity contribution in [1.82, 2.24) is 10.2 Å². The monoisotopic (exact) mass is 228 g/mol. The van der Waals surface area contributed by atoms with Gasteiger partial charge in [-0.25, -0.2) is 0 Å². The van der Waals surface area contributed by atoms with Crippen LogP contribution in [0.4, 0.5) is 0 Å². The van der Waals surface area contributed by atoms with Gasteiger partial charge in [-0.1, -0.05) is 0 Å². The van der Waals surface area contributed by atoms with Crippen molar-refractivity contribution in [3.63, 3.8) is 0 Å². The fraction of sp³-hybridized carbons (Fsp3) is 0.818. The number of carbonyl (C=O) groups is 2. The first-order valence-corrected chi connectivity index (χ1v) is 5.79. The van der Waals surface area contributed by atoms with Gasteiger partial charge >= 0.3 is 0 Å². The molecule has 2 amide bonds. The third-order valence-corrected chi connectivity index (χ3v) is 2.73. The summed E-state index contributed by atoms with van der Waals surface area (Å²) in [6, 6.07) is 0.0873. The molecule has 1 heterocycles. The van der Waals surface area contributed by atoms with Crippen molar-refractivity contribution >= 4 is 11.8 Å². The fourth-order valence-corrected chi connectivity index (χ4v) is 2.00. The Labute approximate surface area is 95.8 Å². The third-order valence-electron chi connectivity index (χ3n) is 2.73. The van der Waals surface area contributed by atoms with E-state index in [0.717, 1.165) is 19.4 Å². The van der Waals surface area contributed by atoms with Gasteiger partial charge in [0.25, 0.3) is 0 Å². The lowest BCUT2D eigenvalue weighted by Crippen LogP contribution is -2.49. The second-order valence-electron chi connectivity index (χ2n) is 4.21. The van der Waals surface area contributed by atoms with Crippen LogP contribution in [0.2, 0.25) is 0 Å². The van der Waals surface area contributed by atoms with Crippen LogP contribution in [0.3, 0.4) is 0 Å². The van der Waals surface area contributed by atoms with E-state index in [0.29, 0.717) is 19.4 Å². The Hall–Kier alpha value is -1.10. The lowest BCUT2D eigenvalue weighted by Gasteiger charge is -2.33. The molecule has 1 unspecified atom stereocenters. The summed E-state index contributed by atoms with van der Waals surface area (Å²) >= 11 is 0. The highest BCUT2D eigenvalue weighted by Gasteiger charge is 2.23. The summed E-state index contributed by atoms with van der Waals surface area (Å²) in [5.41, 5.74) is 0. The Balaban J connectivity index is 2.37. The molecule has 1 rings (SSSR count). The van der Waals surface area contributed by atoms with Gasteiger partial charge in [-0.2, -0.15) is 0 Å². The smallest absolute Gasteiger partial charge is 0.222 e. The van der Waals surface area contributed by atoms with E-state index >= 15 is 0 Å². The number of aliphatic hydroxyl groups is 1. The quantitative estimate of drug-likeness (QED) is 0.705. The zero-order valence-electron chi connectivity index (χ0n) is 9.74. The lowest BCUT2D eigenvalue weighted by molar-refractivity contribution is -0.133. The summed E-state index contributed by atoms with van der Waals surface area (Å²) in [7, 11) is 0. The topological polar surface area (TPSA) is 69.6 Å². The lowest BCUT2D eigenvalue weighted by atomic mass is 10.1. The molecule has 0 aromatic heterocycles. The van der Waals surface area contributed by atoms with Gasteiger partial charge in [-0.05, 0) is 19.3 Å². The number of hydrogen-bond acceptors (Lipinski definition) is 3. The van der Waals surface area contributed by atoms with Gasteiger partial charge in [0.15, 0.2) is 0 Å². The Morgan fingerprint density at radius 2 is 2.25 bits per heavy atom. The number of amides is 2. The number of hydrogen-bond donors (Lipinski definition) is 2. The molecule has 0 aromatic carbocycles. The predicted octanol–water partition coefficient (Wildman–Crippen LogP) is -0.114. The van der Waals surface area contributed by atoms with Crippen molar-refractivity contribution < 1.29 is 14.7 Å². The third kappa shape index (κ3) is 4.18. The van der Waals surface area contributed by atoms with E-state index in [9.17, 15) is 9.59 Å². The molecule has 0 aromatic rings. The molecule has 0 bridgehead atoms. The highest BCUT2D eigenvalue weighted by Crippen LogP contribution is 2.11. The van der Waals surface area contributed by atoms with E-state index in [4.69, 9.17) is 5.11 Å². The first-order chi connectivity index (χ1) is 7.63. The van der Waals surface area contributed by atoms with Crippen LogP contribution in [0.15, 0.2) is 0 Å². The number of aliphatic hydroxyl groups excluding tert-OH is 1. The number of likely N-dealkylation sites (tertiary alicyclic amines) is 1. The zero-order chi connectivity index (χ0) is 12.0. The molecule has 5 nitrogen and oxygen atoms in total. The second-order valence-corrected chi connectivity index (χ2v) is 4.21. The van der Waals surface area contributed by atoms with Crippen molar-refractivity contribution in [2.24, 2.45) is 0 Å². The van der Waals surface area contributed by atoms with Crippen molar-refractivity contribution in [3.8, 4) is 0 Å². The minimum absolute atomic E-state index is 0.0466. The van der Waals surface area contributed by atoms with Gasteiger partial charge in [0.2, 0.25) is 11.8 Å². The van der Waals surface area contributed by atoms with E-state index in [2.05, 4.69) is 5.32 Å². The van der Waals surface area contributed by atoms with Gasteiger partial charge in [-0.3, -0.25) is 9.59 Å². The van der Waals surface area contributed by atoms with Crippen LogP contribution < -0.4 is 5.32 Å². The summed E-state index contributed by atoms with van der Waals surface area (Å²) in [6.07, 6.45) is 2.77. The van der Waals surface area contributed by atoms with E-state index < -0.39 is 0 Å². The number of piperidine rings is 1. The predicted molar refractivity (Wildman–Crippen MR) is 59.7 cm³/mol. The SMILES string of the molecule is CC(=O)NC1CCCN(C(=O)CCCO)C1. The van der Waals surface area contributed by atoms with Gasteiger partial charge < -0.3 is 15.3 Å². The number of rotatable bonds is 4. The maximum absolute atomic E-state index is 11.7. The standard InChI is InChI=1S/C11H20N2O3/c1-9(15)12-10-4-2-6-13(8-10)11(16)5-3-7-14/h10,14H,2-8H2,1H3,(H,12,15). The van der Waals surface area contributed by atoms with Crippen LogP contribution in [0.25, 0.3) is 0 Å². The van der Waals surface area contributed by atoms with Crippen molar-refractivity contribution in [2.45, 2.75) is 38.6 Å². The molecule has 0 saturated carbocycles. The summed E-state index contributed by atoms with van der Waals surface area (Å²) in [5.74, 6) is 0.0266.